The third-order valence-electron chi connectivity index (χ3n) is 0.801. The van der Waals surface area contributed by atoms with Crippen LogP contribution in [-0.2, 0) is 14.6 Å². The Hall–Kier alpha value is -0.340. The Bertz CT molecular complexity index is 231. The molecule has 12 heavy (non-hydrogen) atoms. The van der Waals surface area contributed by atoms with Crippen LogP contribution in [-0.4, -0.2) is 25.3 Å². The summed E-state index contributed by atoms with van der Waals surface area (Å²) in [4.78, 5) is 0. The predicted octanol–water partition coefficient (Wildman–Crippen LogP) is 0.804. The van der Waals surface area contributed by atoms with Crippen LogP contribution in [0.2, 0.25) is 0 Å². The molecule has 0 aromatic rings. The van der Waals surface area contributed by atoms with Gasteiger partial charge in [-0.1, -0.05) is 0 Å². The van der Waals surface area contributed by atoms with Crippen molar-refractivity contribution in [1.29, 1.82) is 0 Å². The minimum absolute atomic E-state index is 0.850. The minimum atomic E-state index is -5.05. The molecule has 0 saturated heterocycles. The van der Waals surface area contributed by atoms with E-state index in [1.807, 2.05) is 0 Å². The van der Waals surface area contributed by atoms with E-state index >= 15 is 0 Å². The lowest BCUT2D eigenvalue weighted by Crippen LogP contribution is -2.22. The Morgan fingerprint density at radius 1 is 1.50 bits per heavy atom. The van der Waals surface area contributed by atoms with E-state index in [1.165, 1.54) is 0 Å². The van der Waals surface area contributed by atoms with Crippen molar-refractivity contribution < 1.29 is 30.3 Å². The normalized spacial score (nSPS) is 16.1. The molecule has 0 aliphatic rings. The standard InChI is InChI=1S/C4H7F3O4S/c1-3(2-4(5,6)7)11-12(8,9)10/h3H,2H2,1H3,(H,8,9,10)/p-1. The van der Waals surface area contributed by atoms with Crippen LogP contribution in [0.4, 0.5) is 13.2 Å². The van der Waals surface area contributed by atoms with Crippen LogP contribution >= 0.6 is 0 Å². The van der Waals surface area contributed by atoms with Gasteiger partial charge in [0, 0.05) is 0 Å². The molecule has 0 aromatic heterocycles. The van der Waals surface area contributed by atoms with Crippen molar-refractivity contribution in [3.63, 3.8) is 0 Å². The average molecular weight is 207 g/mol. The molecule has 0 fully saturated rings. The first-order valence-corrected chi connectivity index (χ1v) is 4.14. The monoisotopic (exact) mass is 207 g/mol. The van der Waals surface area contributed by atoms with Crippen LogP contribution in [0.25, 0.3) is 0 Å². The van der Waals surface area contributed by atoms with Gasteiger partial charge in [-0.15, -0.1) is 0 Å². The minimum Gasteiger partial charge on any atom is -0.726 e. The SMILES string of the molecule is CC(CC(F)(F)F)OS(=O)(=O)[O-]. The summed E-state index contributed by atoms with van der Waals surface area (Å²) in [6, 6.07) is 0. The van der Waals surface area contributed by atoms with Crippen molar-refractivity contribution in [2.75, 3.05) is 0 Å². The van der Waals surface area contributed by atoms with Gasteiger partial charge in [-0.05, 0) is 6.92 Å². The lowest BCUT2D eigenvalue weighted by Gasteiger charge is -2.16. The highest BCUT2D eigenvalue weighted by molar-refractivity contribution is 7.80. The Kier molecular flexibility index (Phi) is 3.48. The van der Waals surface area contributed by atoms with E-state index in [9.17, 15) is 26.1 Å². The maximum absolute atomic E-state index is 11.5. The van der Waals surface area contributed by atoms with E-state index in [2.05, 4.69) is 4.18 Å². The van der Waals surface area contributed by atoms with E-state index in [1.54, 1.807) is 0 Å². The van der Waals surface area contributed by atoms with Crippen molar-refractivity contribution in [2.24, 2.45) is 0 Å². The van der Waals surface area contributed by atoms with Gasteiger partial charge in [0.2, 0.25) is 10.4 Å². The van der Waals surface area contributed by atoms with Crippen LogP contribution in [0.15, 0.2) is 0 Å². The van der Waals surface area contributed by atoms with Crippen molar-refractivity contribution in [1.82, 2.24) is 0 Å². The number of alkyl halides is 3. The molecule has 1 atom stereocenters. The summed E-state index contributed by atoms with van der Waals surface area (Å²) in [6.45, 7) is 0.850. The second-order valence-corrected chi connectivity index (χ2v) is 3.14. The van der Waals surface area contributed by atoms with Gasteiger partial charge in [-0.3, -0.25) is 4.18 Å². The van der Waals surface area contributed by atoms with Crippen LogP contribution < -0.4 is 0 Å². The van der Waals surface area contributed by atoms with Gasteiger partial charge in [-0.25, -0.2) is 8.42 Å². The lowest BCUT2D eigenvalue weighted by molar-refractivity contribution is -0.148. The zero-order valence-corrected chi connectivity index (χ0v) is 6.78. The van der Waals surface area contributed by atoms with Crippen LogP contribution in [0.3, 0.4) is 0 Å². The highest BCUT2D eigenvalue weighted by atomic mass is 32.3. The van der Waals surface area contributed by atoms with E-state index < -0.39 is 29.1 Å². The zero-order valence-electron chi connectivity index (χ0n) is 5.96. The summed E-state index contributed by atoms with van der Waals surface area (Å²) in [5.74, 6) is 0. The highest BCUT2D eigenvalue weighted by Gasteiger charge is 2.31. The molecule has 0 spiro atoms. The van der Waals surface area contributed by atoms with E-state index in [0.29, 0.717) is 0 Å². The molecule has 8 heteroatoms. The average Bonchev–Trinajstić information content (AvgIpc) is 1.49. The summed E-state index contributed by atoms with van der Waals surface area (Å²) >= 11 is 0. The van der Waals surface area contributed by atoms with Gasteiger partial charge in [0.1, 0.15) is 0 Å². The molecule has 4 nitrogen and oxygen atoms in total. The predicted molar refractivity (Wildman–Crippen MR) is 30.9 cm³/mol. The molecule has 0 bridgehead atoms. The fourth-order valence-corrected chi connectivity index (χ4v) is 1.03. The molecule has 0 heterocycles. The first-order valence-electron chi connectivity index (χ1n) is 2.81. The third-order valence-corrected chi connectivity index (χ3v) is 1.37. The fraction of sp³-hybridized carbons (Fsp3) is 1.00. The van der Waals surface area contributed by atoms with Crippen molar-refractivity contribution >= 4 is 10.4 Å². The van der Waals surface area contributed by atoms with Gasteiger partial charge in [0.05, 0.1) is 12.5 Å². The Morgan fingerprint density at radius 2 is 1.92 bits per heavy atom. The topological polar surface area (TPSA) is 66.4 Å². The quantitative estimate of drug-likeness (QED) is 0.507. The molecule has 0 aromatic carbocycles. The van der Waals surface area contributed by atoms with E-state index in [4.69, 9.17) is 0 Å². The molecule has 0 N–H and O–H groups in total. The molecule has 0 rings (SSSR count). The third kappa shape index (κ3) is 7.76. The van der Waals surface area contributed by atoms with Crippen LogP contribution in [0, 0.1) is 0 Å². The summed E-state index contributed by atoms with van der Waals surface area (Å²) < 4.78 is 67.4. The summed E-state index contributed by atoms with van der Waals surface area (Å²) in [5.41, 5.74) is 0. The maximum Gasteiger partial charge on any atom is 0.391 e. The second kappa shape index (κ2) is 3.58. The molecule has 74 valence electrons. The lowest BCUT2D eigenvalue weighted by atomic mass is 10.3. The summed E-state index contributed by atoms with van der Waals surface area (Å²) in [7, 11) is -5.05. The Morgan fingerprint density at radius 3 is 2.17 bits per heavy atom. The molecule has 0 amide bonds. The van der Waals surface area contributed by atoms with Gasteiger partial charge in [0.15, 0.2) is 0 Å². The number of rotatable bonds is 3. The van der Waals surface area contributed by atoms with Crippen molar-refractivity contribution in [3.8, 4) is 0 Å². The molecule has 0 radical (unpaired) electrons. The van der Waals surface area contributed by atoms with Gasteiger partial charge < -0.3 is 4.55 Å². The van der Waals surface area contributed by atoms with E-state index in [-0.39, 0.29) is 0 Å². The second-order valence-electron chi connectivity index (χ2n) is 2.13. The fourth-order valence-electron chi connectivity index (χ4n) is 0.561. The highest BCUT2D eigenvalue weighted by Crippen LogP contribution is 2.23. The molecular weight excluding hydrogens is 201 g/mol. The van der Waals surface area contributed by atoms with Gasteiger partial charge in [0.25, 0.3) is 0 Å². The number of hydrogen-bond donors (Lipinski definition) is 0. The zero-order chi connectivity index (χ0) is 9.99. The van der Waals surface area contributed by atoms with Gasteiger partial charge >= 0.3 is 6.18 Å². The van der Waals surface area contributed by atoms with Gasteiger partial charge in [-0.2, -0.15) is 13.2 Å². The van der Waals surface area contributed by atoms with Crippen LogP contribution in [0.5, 0.6) is 0 Å². The molecular formula is C4H6F3O4S-. The van der Waals surface area contributed by atoms with Crippen molar-refractivity contribution in [3.05, 3.63) is 0 Å². The summed E-state index contributed by atoms with van der Waals surface area (Å²) in [6.07, 6.45) is -7.68. The van der Waals surface area contributed by atoms with E-state index in [0.717, 1.165) is 6.92 Å². The number of halogens is 3. The molecule has 0 aliphatic heterocycles. The summed E-state index contributed by atoms with van der Waals surface area (Å²) in [5, 5.41) is 0. The van der Waals surface area contributed by atoms with Crippen LogP contribution in [0.1, 0.15) is 13.3 Å². The maximum atomic E-state index is 11.5. The smallest absolute Gasteiger partial charge is 0.391 e. The first kappa shape index (κ1) is 11.7. The Labute approximate surface area is 67.3 Å². The Balaban J connectivity index is 4.00. The number of hydrogen-bond acceptors (Lipinski definition) is 4. The molecule has 0 aliphatic carbocycles. The first-order chi connectivity index (χ1) is 5.10. The largest absolute Gasteiger partial charge is 0.726 e. The van der Waals surface area contributed by atoms with Crippen molar-refractivity contribution in [2.45, 2.75) is 25.6 Å². The molecule has 0 saturated carbocycles. The molecule has 1 unspecified atom stereocenters.